The number of ketones is 1. The Morgan fingerprint density at radius 2 is 1.74 bits per heavy atom. The number of hydrogen-bond donors (Lipinski definition) is 4. The number of piperidine rings is 1. The molecule has 2 rings (SSSR count). The molecule has 176 valence electrons. The molecule has 0 saturated carbocycles. The minimum atomic E-state index is -0.310. The molecule has 0 bridgehead atoms. The lowest BCUT2D eigenvalue weighted by Gasteiger charge is -2.47. The summed E-state index contributed by atoms with van der Waals surface area (Å²) < 4.78 is 12.9. The van der Waals surface area contributed by atoms with E-state index >= 15 is 0 Å². The van der Waals surface area contributed by atoms with Crippen LogP contribution in [-0.4, -0.2) is 65.5 Å². The fourth-order valence-corrected chi connectivity index (χ4v) is 4.98. The smallest absolute Gasteiger partial charge is 0.162 e. The molecule has 0 aromatic heterocycles. The van der Waals surface area contributed by atoms with E-state index in [1.807, 2.05) is 7.05 Å². The number of rotatable bonds is 12. The molecule has 31 heavy (non-hydrogen) atoms. The molecule has 1 fully saturated rings. The Hall–Kier alpha value is -0.600. The quantitative estimate of drug-likeness (QED) is 0.273. The molecule has 1 atom stereocenters. The molecule has 1 unspecified atom stereocenters. The minimum absolute atomic E-state index is 0.0494. The molecule has 0 spiro atoms. The predicted molar refractivity (Wildman–Crippen MR) is 135 cm³/mol. The van der Waals surface area contributed by atoms with Crippen molar-refractivity contribution in [3.05, 3.63) is 35.6 Å². The molecule has 0 aliphatic carbocycles. The van der Waals surface area contributed by atoms with Crippen molar-refractivity contribution < 1.29 is 9.18 Å². The fraction of sp³-hybridized carbons (Fsp3) is 0.708. The minimum Gasteiger partial charge on any atom is -0.318 e. The zero-order valence-electron chi connectivity index (χ0n) is 19.5. The third kappa shape index (κ3) is 9.42. The zero-order valence-corrected chi connectivity index (χ0v) is 21.3. The maximum atomic E-state index is 13.0. The summed E-state index contributed by atoms with van der Waals surface area (Å²) >= 11 is 9.65. The van der Waals surface area contributed by atoms with Crippen LogP contribution in [0, 0.1) is 5.82 Å². The van der Waals surface area contributed by atoms with Gasteiger partial charge in [-0.1, -0.05) is 0 Å². The number of carbonyl (C=O) groups excluding carboxylic acids is 1. The summed E-state index contributed by atoms with van der Waals surface area (Å²) in [4.78, 5) is 14.8. The number of carbonyl (C=O) groups is 1. The summed E-state index contributed by atoms with van der Waals surface area (Å²) in [6, 6.07) is 5.84. The van der Waals surface area contributed by atoms with Crippen LogP contribution < -0.4 is 10.6 Å². The maximum absolute atomic E-state index is 13.0. The molecular weight excluding hydrogens is 429 g/mol. The maximum Gasteiger partial charge on any atom is 0.162 e. The average molecular weight is 470 g/mol. The van der Waals surface area contributed by atoms with E-state index in [0.29, 0.717) is 12.0 Å². The largest absolute Gasteiger partial charge is 0.318 e. The molecule has 2 N–H and O–H groups in total. The summed E-state index contributed by atoms with van der Waals surface area (Å²) in [7, 11) is 1.97. The molecule has 0 radical (unpaired) electrons. The zero-order chi connectivity index (χ0) is 23.1. The molecule has 4 nitrogen and oxygen atoms in total. The van der Waals surface area contributed by atoms with Crippen molar-refractivity contribution in [1.82, 2.24) is 15.5 Å². The Morgan fingerprint density at radius 1 is 1.13 bits per heavy atom. The molecule has 1 aromatic rings. The number of nitrogens with zero attached hydrogens (tertiary/aromatic N) is 1. The van der Waals surface area contributed by atoms with Crippen LogP contribution in [0.3, 0.4) is 0 Å². The van der Waals surface area contributed by atoms with E-state index in [9.17, 15) is 9.18 Å². The summed E-state index contributed by atoms with van der Waals surface area (Å²) in [5.74, 6) is -0.225. The summed E-state index contributed by atoms with van der Waals surface area (Å²) in [5.41, 5.74) is 0.642. The van der Waals surface area contributed by atoms with E-state index in [1.165, 1.54) is 12.1 Å². The van der Waals surface area contributed by atoms with Gasteiger partial charge in [-0.05, 0) is 97.4 Å². The highest BCUT2D eigenvalue weighted by Gasteiger charge is 2.39. The Labute approximate surface area is 198 Å². The Balaban J connectivity index is 1.87. The Morgan fingerprint density at radius 3 is 2.29 bits per heavy atom. The van der Waals surface area contributed by atoms with Crippen LogP contribution in [0.2, 0.25) is 0 Å². The van der Waals surface area contributed by atoms with Gasteiger partial charge in [0.25, 0.3) is 0 Å². The van der Waals surface area contributed by atoms with Gasteiger partial charge in [-0.2, -0.15) is 25.3 Å². The van der Waals surface area contributed by atoms with Crippen molar-refractivity contribution >= 4 is 31.0 Å². The second kappa shape index (κ2) is 11.5. The number of likely N-dealkylation sites (tertiary alicyclic amines) is 1. The van der Waals surface area contributed by atoms with Crippen LogP contribution in [0.25, 0.3) is 0 Å². The van der Waals surface area contributed by atoms with Crippen molar-refractivity contribution in [3.8, 4) is 0 Å². The van der Waals surface area contributed by atoms with Gasteiger partial charge in [-0.3, -0.25) is 4.79 Å². The van der Waals surface area contributed by atoms with Gasteiger partial charge in [0.05, 0.1) is 0 Å². The van der Waals surface area contributed by atoms with Gasteiger partial charge in [0.1, 0.15) is 5.82 Å². The van der Waals surface area contributed by atoms with Gasteiger partial charge >= 0.3 is 0 Å². The van der Waals surface area contributed by atoms with Gasteiger partial charge in [-0.15, -0.1) is 0 Å². The van der Waals surface area contributed by atoms with Gasteiger partial charge < -0.3 is 15.5 Å². The monoisotopic (exact) mass is 469 g/mol. The first kappa shape index (κ1) is 26.7. The summed E-state index contributed by atoms with van der Waals surface area (Å²) in [5, 5.41) is 7.11. The number of benzene rings is 1. The standard InChI is InChI=1S/C24H40FN3OS2/c1-22(2,30)17-27-24(16-23(3,31)18-26-4)11-14-28(15-12-24)13-5-6-21(29)19-7-9-20(25)10-8-19/h7-10,26-27,30-31H,5-6,11-18H2,1-4H3. The van der Waals surface area contributed by atoms with E-state index in [4.69, 9.17) is 25.3 Å². The Bertz CT molecular complexity index is 696. The number of Topliss-reactive ketones (excluding diaryl/α,β-unsaturated/α-hetero) is 1. The Kier molecular flexibility index (Phi) is 9.89. The third-order valence-electron chi connectivity index (χ3n) is 6.03. The molecule has 1 aromatic carbocycles. The lowest BCUT2D eigenvalue weighted by Crippen LogP contribution is -2.58. The number of halogens is 1. The molecule has 7 heteroatoms. The van der Waals surface area contributed by atoms with Crippen molar-refractivity contribution in [1.29, 1.82) is 0 Å². The number of hydrogen-bond acceptors (Lipinski definition) is 6. The lowest BCUT2D eigenvalue weighted by atomic mass is 9.79. The fourth-order valence-electron chi connectivity index (χ4n) is 4.44. The lowest BCUT2D eigenvalue weighted by molar-refractivity contribution is 0.0952. The molecule has 1 aliphatic rings. The van der Waals surface area contributed by atoms with Gasteiger partial charge in [0, 0.05) is 40.1 Å². The normalized spacial score (nSPS) is 19.2. The number of thiol groups is 2. The van der Waals surface area contributed by atoms with Gasteiger partial charge in [-0.25, -0.2) is 4.39 Å². The summed E-state index contributed by atoms with van der Waals surface area (Å²) in [6.45, 7) is 11.1. The SMILES string of the molecule is CNCC(C)(S)CC1(NCC(C)(C)S)CCN(CCCC(=O)c2ccc(F)cc2)CC1. The molecule has 1 heterocycles. The first-order valence-corrected chi connectivity index (χ1v) is 12.2. The van der Waals surface area contributed by atoms with Crippen molar-refractivity contribution in [2.45, 2.75) is 67.9 Å². The van der Waals surface area contributed by atoms with E-state index in [2.05, 4.69) is 36.3 Å². The van der Waals surface area contributed by atoms with Gasteiger partial charge in [0.2, 0.25) is 0 Å². The van der Waals surface area contributed by atoms with E-state index in [0.717, 1.165) is 58.4 Å². The highest BCUT2D eigenvalue weighted by molar-refractivity contribution is 7.82. The molecule has 1 saturated heterocycles. The predicted octanol–water partition coefficient (Wildman–Crippen LogP) is 4.22. The van der Waals surface area contributed by atoms with Crippen molar-refractivity contribution in [2.24, 2.45) is 0 Å². The summed E-state index contributed by atoms with van der Waals surface area (Å²) in [6.07, 6.45) is 4.43. The molecular formula is C24H40FN3OS2. The average Bonchev–Trinajstić information content (AvgIpc) is 2.67. The first-order chi connectivity index (χ1) is 14.4. The van der Waals surface area contributed by atoms with Crippen LogP contribution in [0.4, 0.5) is 4.39 Å². The van der Waals surface area contributed by atoms with Crippen LogP contribution in [0.1, 0.15) is 63.2 Å². The van der Waals surface area contributed by atoms with Crippen LogP contribution in [-0.2, 0) is 0 Å². The number of nitrogens with one attached hydrogen (secondary N) is 2. The van der Waals surface area contributed by atoms with E-state index < -0.39 is 0 Å². The topological polar surface area (TPSA) is 44.4 Å². The second-order valence-electron chi connectivity index (χ2n) is 10.0. The van der Waals surface area contributed by atoms with Crippen molar-refractivity contribution in [3.63, 3.8) is 0 Å². The second-order valence-corrected chi connectivity index (χ2v) is 12.3. The molecule has 1 aliphatic heterocycles. The molecule has 0 amide bonds. The van der Waals surface area contributed by atoms with Crippen LogP contribution in [0.15, 0.2) is 24.3 Å². The van der Waals surface area contributed by atoms with Crippen LogP contribution in [0.5, 0.6) is 0 Å². The first-order valence-electron chi connectivity index (χ1n) is 11.3. The highest BCUT2D eigenvalue weighted by atomic mass is 32.1. The third-order valence-corrected chi connectivity index (χ3v) is 6.50. The van der Waals surface area contributed by atoms with Crippen LogP contribution >= 0.6 is 25.3 Å². The highest BCUT2D eigenvalue weighted by Crippen LogP contribution is 2.34. The van der Waals surface area contributed by atoms with E-state index in [1.54, 1.807) is 12.1 Å². The van der Waals surface area contributed by atoms with Gasteiger partial charge in [0.15, 0.2) is 5.78 Å². The van der Waals surface area contributed by atoms with E-state index in [-0.39, 0.29) is 26.6 Å². The van der Waals surface area contributed by atoms with Crippen molar-refractivity contribution in [2.75, 3.05) is 39.8 Å².